The molecule has 0 unspecified atom stereocenters. The van der Waals surface area contributed by atoms with E-state index in [1.54, 1.807) is 36.5 Å². The van der Waals surface area contributed by atoms with Crippen LogP contribution in [0.5, 0.6) is 0 Å². The molecule has 5 nitrogen and oxygen atoms in total. The van der Waals surface area contributed by atoms with E-state index in [0.717, 1.165) is 11.1 Å². The molecular formula is C22H20ClN3O2. The molecule has 28 heavy (non-hydrogen) atoms. The smallest absolute Gasteiger partial charge is 0.253 e. The summed E-state index contributed by atoms with van der Waals surface area (Å²) in [6.45, 7) is 1.92. The molecule has 2 amide bonds. The van der Waals surface area contributed by atoms with E-state index < -0.39 is 6.04 Å². The van der Waals surface area contributed by atoms with Gasteiger partial charge in [-0.1, -0.05) is 60.1 Å². The van der Waals surface area contributed by atoms with Gasteiger partial charge in [-0.2, -0.15) is 0 Å². The highest BCUT2D eigenvalue weighted by Crippen LogP contribution is 2.21. The molecule has 0 fully saturated rings. The van der Waals surface area contributed by atoms with Crippen LogP contribution < -0.4 is 10.6 Å². The molecule has 2 N–H and O–H groups in total. The summed E-state index contributed by atoms with van der Waals surface area (Å²) in [5.41, 5.74) is 2.20. The molecule has 0 radical (unpaired) electrons. The third kappa shape index (κ3) is 5.18. The second-order valence-electron chi connectivity index (χ2n) is 6.39. The van der Waals surface area contributed by atoms with Crippen molar-refractivity contribution < 1.29 is 9.59 Å². The standard InChI is InChI=1S/C22H20ClN3O2/c1-15-11-12-20(24-14-15)26-21(27)13-19(16-7-3-2-4-8-16)25-22(28)17-9-5-6-10-18(17)23/h2-12,14,19H,13H2,1H3,(H,25,28)(H,24,26,27)/t19-/m0/s1. The third-order valence-electron chi connectivity index (χ3n) is 4.19. The predicted octanol–water partition coefficient (Wildman–Crippen LogP) is 4.54. The van der Waals surface area contributed by atoms with E-state index in [4.69, 9.17) is 11.6 Å². The first-order chi connectivity index (χ1) is 13.5. The first-order valence-electron chi connectivity index (χ1n) is 8.86. The number of nitrogens with zero attached hydrogens (tertiary/aromatic N) is 1. The van der Waals surface area contributed by atoms with Gasteiger partial charge < -0.3 is 10.6 Å². The number of hydrogen-bond donors (Lipinski definition) is 2. The Labute approximate surface area is 168 Å². The summed E-state index contributed by atoms with van der Waals surface area (Å²) in [4.78, 5) is 29.4. The quantitative estimate of drug-likeness (QED) is 0.645. The molecule has 0 spiro atoms. The van der Waals surface area contributed by atoms with Crippen molar-refractivity contribution in [2.75, 3.05) is 5.32 Å². The second kappa shape index (κ2) is 9.15. The Bertz CT molecular complexity index is 959. The Kier molecular flexibility index (Phi) is 6.40. The lowest BCUT2D eigenvalue weighted by Crippen LogP contribution is -2.31. The molecule has 1 heterocycles. The fraction of sp³-hybridized carbons (Fsp3) is 0.136. The Balaban J connectivity index is 1.76. The summed E-state index contributed by atoms with van der Waals surface area (Å²) in [5, 5.41) is 6.04. The maximum atomic E-state index is 12.7. The number of carbonyl (C=O) groups excluding carboxylic acids is 2. The lowest BCUT2D eigenvalue weighted by molar-refractivity contribution is -0.116. The first kappa shape index (κ1) is 19.6. The van der Waals surface area contributed by atoms with Gasteiger partial charge in [0.1, 0.15) is 5.82 Å². The first-order valence-corrected chi connectivity index (χ1v) is 9.23. The molecule has 142 valence electrons. The Morgan fingerprint density at radius 1 is 1.00 bits per heavy atom. The van der Waals surface area contributed by atoms with Gasteiger partial charge in [-0.25, -0.2) is 4.98 Å². The molecule has 0 bridgehead atoms. The Morgan fingerprint density at radius 3 is 2.39 bits per heavy atom. The normalized spacial score (nSPS) is 11.5. The molecule has 1 aromatic heterocycles. The van der Waals surface area contributed by atoms with Gasteiger partial charge in [-0.3, -0.25) is 9.59 Å². The van der Waals surface area contributed by atoms with E-state index in [1.807, 2.05) is 43.3 Å². The number of carbonyl (C=O) groups is 2. The fourth-order valence-electron chi connectivity index (χ4n) is 2.74. The van der Waals surface area contributed by atoms with Gasteiger partial charge in [-0.15, -0.1) is 0 Å². The highest BCUT2D eigenvalue weighted by atomic mass is 35.5. The summed E-state index contributed by atoms with van der Waals surface area (Å²) in [5.74, 6) is -0.106. The predicted molar refractivity (Wildman–Crippen MR) is 110 cm³/mol. The van der Waals surface area contributed by atoms with E-state index >= 15 is 0 Å². The van der Waals surface area contributed by atoms with E-state index in [-0.39, 0.29) is 18.2 Å². The molecule has 0 saturated heterocycles. The number of anilines is 1. The average molecular weight is 394 g/mol. The SMILES string of the molecule is Cc1ccc(NC(=O)C[C@H](NC(=O)c2ccccc2Cl)c2ccccc2)nc1. The lowest BCUT2D eigenvalue weighted by atomic mass is 10.0. The number of aryl methyl sites for hydroxylation is 1. The largest absolute Gasteiger partial charge is 0.345 e. The van der Waals surface area contributed by atoms with Crippen LogP contribution in [0.4, 0.5) is 5.82 Å². The summed E-state index contributed by atoms with van der Waals surface area (Å²) >= 11 is 6.13. The van der Waals surface area contributed by atoms with Crippen LogP contribution in [-0.2, 0) is 4.79 Å². The van der Waals surface area contributed by atoms with Gasteiger partial charge in [-0.05, 0) is 36.2 Å². The molecule has 6 heteroatoms. The van der Waals surface area contributed by atoms with Crippen molar-refractivity contribution in [2.45, 2.75) is 19.4 Å². The zero-order valence-corrected chi connectivity index (χ0v) is 16.1. The topological polar surface area (TPSA) is 71.1 Å². The van der Waals surface area contributed by atoms with Gasteiger partial charge in [0.25, 0.3) is 5.91 Å². The Hall–Kier alpha value is -3.18. The van der Waals surface area contributed by atoms with Crippen LogP contribution in [0.25, 0.3) is 0 Å². The summed E-state index contributed by atoms with van der Waals surface area (Å²) in [6, 6.07) is 19.3. The fourth-order valence-corrected chi connectivity index (χ4v) is 2.96. The van der Waals surface area contributed by atoms with E-state index in [0.29, 0.717) is 16.4 Å². The van der Waals surface area contributed by atoms with Crippen LogP contribution in [-0.4, -0.2) is 16.8 Å². The molecule has 0 saturated carbocycles. The maximum absolute atomic E-state index is 12.7. The molecular weight excluding hydrogens is 374 g/mol. The van der Waals surface area contributed by atoms with Crippen molar-refractivity contribution >= 4 is 29.2 Å². The number of benzene rings is 2. The summed E-state index contributed by atoms with van der Waals surface area (Å²) in [7, 11) is 0. The molecule has 0 aliphatic heterocycles. The van der Waals surface area contributed by atoms with Crippen molar-refractivity contribution in [1.29, 1.82) is 0 Å². The molecule has 3 aromatic rings. The van der Waals surface area contributed by atoms with E-state index in [9.17, 15) is 9.59 Å². The van der Waals surface area contributed by atoms with Gasteiger partial charge in [0.15, 0.2) is 0 Å². The number of aromatic nitrogens is 1. The third-order valence-corrected chi connectivity index (χ3v) is 4.52. The second-order valence-corrected chi connectivity index (χ2v) is 6.80. The minimum Gasteiger partial charge on any atom is -0.345 e. The maximum Gasteiger partial charge on any atom is 0.253 e. The zero-order valence-electron chi connectivity index (χ0n) is 15.4. The highest BCUT2D eigenvalue weighted by molar-refractivity contribution is 6.33. The zero-order chi connectivity index (χ0) is 19.9. The average Bonchev–Trinajstić information content (AvgIpc) is 2.70. The van der Waals surface area contributed by atoms with Crippen LogP contribution >= 0.6 is 11.6 Å². The number of hydrogen-bond acceptors (Lipinski definition) is 3. The van der Waals surface area contributed by atoms with Crippen molar-refractivity contribution in [3.05, 3.63) is 94.6 Å². The van der Waals surface area contributed by atoms with Crippen LogP contribution in [0.15, 0.2) is 72.9 Å². The van der Waals surface area contributed by atoms with Crippen molar-refractivity contribution in [3.63, 3.8) is 0 Å². The molecule has 1 atom stereocenters. The minimum absolute atomic E-state index is 0.0652. The monoisotopic (exact) mass is 393 g/mol. The number of halogens is 1. The van der Waals surface area contributed by atoms with Crippen molar-refractivity contribution in [2.24, 2.45) is 0 Å². The lowest BCUT2D eigenvalue weighted by Gasteiger charge is -2.19. The molecule has 2 aromatic carbocycles. The number of pyridine rings is 1. The number of rotatable bonds is 6. The molecule has 0 aliphatic rings. The van der Waals surface area contributed by atoms with Crippen LogP contribution in [0, 0.1) is 6.92 Å². The van der Waals surface area contributed by atoms with Gasteiger partial charge in [0, 0.05) is 6.20 Å². The number of amides is 2. The van der Waals surface area contributed by atoms with Gasteiger partial charge >= 0.3 is 0 Å². The van der Waals surface area contributed by atoms with E-state index in [1.165, 1.54) is 0 Å². The van der Waals surface area contributed by atoms with Gasteiger partial charge in [0.2, 0.25) is 5.91 Å². The van der Waals surface area contributed by atoms with Gasteiger partial charge in [0.05, 0.1) is 23.0 Å². The van der Waals surface area contributed by atoms with Crippen LogP contribution in [0.3, 0.4) is 0 Å². The summed E-state index contributed by atoms with van der Waals surface area (Å²) < 4.78 is 0. The van der Waals surface area contributed by atoms with E-state index in [2.05, 4.69) is 15.6 Å². The van der Waals surface area contributed by atoms with Crippen LogP contribution in [0.2, 0.25) is 5.02 Å². The Morgan fingerprint density at radius 2 is 1.71 bits per heavy atom. The highest BCUT2D eigenvalue weighted by Gasteiger charge is 2.20. The number of nitrogens with one attached hydrogen (secondary N) is 2. The van der Waals surface area contributed by atoms with Crippen molar-refractivity contribution in [1.82, 2.24) is 10.3 Å². The summed E-state index contributed by atoms with van der Waals surface area (Å²) in [6.07, 6.45) is 1.75. The minimum atomic E-state index is -0.504. The molecule has 3 rings (SSSR count). The van der Waals surface area contributed by atoms with Crippen LogP contribution in [0.1, 0.15) is 33.9 Å². The van der Waals surface area contributed by atoms with Crippen molar-refractivity contribution in [3.8, 4) is 0 Å². The molecule has 0 aliphatic carbocycles.